The lowest BCUT2D eigenvalue weighted by atomic mass is 10.2. The number of nitrogens with zero attached hydrogens (tertiary/aromatic N) is 6. The van der Waals surface area contributed by atoms with Gasteiger partial charge in [-0.3, -0.25) is 5.41 Å². The van der Waals surface area contributed by atoms with E-state index in [9.17, 15) is 4.39 Å². The number of hydrogen-bond acceptors (Lipinski definition) is 8. The van der Waals surface area contributed by atoms with E-state index in [0.717, 1.165) is 0 Å². The number of nitrogens with one attached hydrogen (secondary N) is 2. The molecule has 0 bridgehead atoms. The lowest BCUT2D eigenvalue weighted by Gasteiger charge is -2.07. The highest BCUT2D eigenvalue weighted by Gasteiger charge is 2.17. The molecule has 23 heavy (non-hydrogen) atoms. The van der Waals surface area contributed by atoms with Gasteiger partial charge in [-0.2, -0.15) is 0 Å². The van der Waals surface area contributed by atoms with Crippen LogP contribution in [-0.4, -0.2) is 36.4 Å². The minimum atomic E-state index is -0.403. The molecule has 0 fully saturated rings. The average Bonchev–Trinajstić information content (AvgIpc) is 3.13. The van der Waals surface area contributed by atoms with E-state index in [2.05, 4.69) is 51.7 Å². The fourth-order valence-corrected chi connectivity index (χ4v) is 2.12. The predicted octanol–water partition coefficient (Wildman–Crippen LogP) is 1.03. The molecule has 0 aliphatic heterocycles. The zero-order valence-electron chi connectivity index (χ0n) is 11.4. The van der Waals surface area contributed by atoms with Gasteiger partial charge in [0.05, 0.1) is 11.0 Å². The van der Waals surface area contributed by atoms with E-state index in [1.165, 1.54) is 22.9 Å². The lowest BCUT2D eigenvalue weighted by molar-refractivity contribution is 0.301. The van der Waals surface area contributed by atoms with Gasteiger partial charge in [-0.15, -0.1) is 0 Å². The van der Waals surface area contributed by atoms with Gasteiger partial charge in [0.2, 0.25) is 5.95 Å². The quantitative estimate of drug-likeness (QED) is 0.448. The monoisotopic (exact) mass is 381 g/mol. The van der Waals surface area contributed by atoms with Crippen molar-refractivity contribution < 1.29 is 9.02 Å². The van der Waals surface area contributed by atoms with Gasteiger partial charge in [0.15, 0.2) is 11.5 Å². The number of anilines is 2. The molecule has 4 N–H and O–H groups in total. The van der Waals surface area contributed by atoms with Gasteiger partial charge in [0.1, 0.15) is 11.5 Å². The SMILES string of the molecule is N=C(Nc1ccc(F)c(Br)c1)c1nonc1Cn1nnnc1N. The number of nitrogen functional groups attached to an aromatic ring is 1. The first kappa shape index (κ1) is 15.0. The number of amidine groups is 1. The molecule has 3 aromatic rings. The molecule has 0 radical (unpaired) electrons. The van der Waals surface area contributed by atoms with Gasteiger partial charge in [-0.05, 0) is 49.7 Å². The fourth-order valence-electron chi connectivity index (χ4n) is 1.74. The Kier molecular flexibility index (Phi) is 3.97. The minimum absolute atomic E-state index is 0.0774. The van der Waals surface area contributed by atoms with Crippen LogP contribution in [0.15, 0.2) is 27.3 Å². The van der Waals surface area contributed by atoms with Crippen molar-refractivity contribution in [3.05, 3.63) is 39.9 Å². The van der Waals surface area contributed by atoms with E-state index < -0.39 is 5.82 Å². The first-order chi connectivity index (χ1) is 11.0. The van der Waals surface area contributed by atoms with Gasteiger partial charge in [-0.25, -0.2) is 13.7 Å². The third kappa shape index (κ3) is 3.15. The van der Waals surface area contributed by atoms with Crippen LogP contribution in [0.2, 0.25) is 0 Å². The molecule has 0 atom stereocenters. The van der Waals surface area contributed by atoms with Crippen LogP contribution in [0.25, 0.3) is 0 Å². The Balaban J connectivity index is 1.79. The molecule has 2 aromatic heterocycles. The molecule has 3 rings (SSSR count). The Hall–Kier alpha value is -2.89. The molecule has 0 aliphatic rings. The van der Waals surface area contributed by atoms with Crippen LogP contribution in [0.4, 0.5) is 16.0 Å². The number of benzene rings is 1. The highest BCUT2D eigenvalue weighted by molar-refractivity contribution is 9.10. The number of hydrogen-bond donors (Lipinski definition) is 3. The smallest absolute Gasteiger partial charge is 0.240 e. The molecule has 0 saturated carbocycles. The Labute approximate surface area is 136 Å². The van der Waals surface area contributed by atoms with Gasteiger partial charge >= 0.3 is 0 Å². The van der Waals surface area contributed by atoms with Crippen molar-refractivity contribution in [1.82, 2.24) is 30.5 Å². The first-order valence-corrected chi connectivity index (χ1v) is 6.98. The summed E-state index contributed by atoms with van der Waals surface area (Å²) < 4.78 is 19.4. The second-order valence-electron chi connectivity index (χ2n) is 4.38. The van der Waals surface area contributed by atoms with E-state index in [4.69, 9.17) is 11.1 Å². The summed E-state index contributed by atoms with van der Waals surface area (Å²) in [5.74, 6) is -0.382. The van der Waals surface area contributed by atoms with Gasteiger partial charge < -0.3 is 11.1 Å². The third-order valence-electron chi connectivity index (χ3n) is 2.84. The molecule has 10 nitrogen and oxygen atoms in total. The van der Waals surface area contributed by atoms with Crippen LogP contribution in [0.3, 0.4) is 0 Å². The van der Waals surface area contributed by atoms with Crippen molar-refractivity contribution in [1.29, 1.82) is 5.41 Å². The van der Waals surface area contributed by atoms with Crippen LogP contribution in [0.5, 0.6) is 0 Å². The van der Waals surface area contributed by atoms with Crippen molar-refractivity contribution in [2.45, 2.75) is 6.54 Å². The Morgan fingerprint density at radius 2 is 2.26 bits per heavy atom. The molecule has 118 valence electrons. The number of halogens is 2. The van der Waals surface area contributed by atoms with Crippen molar-refractivity contribution in [2.24, 2.45) is 0 Å². The van der Waals surface area contributed by atoms with Crippen LogP contribution in [0.1, 0.15) is 11.4 Å². The zero-order valence-corrected chi connectivity index (χ0v) is 12.9. The van der Waals surface area contributed by atoms with Gasteiger partial charge in [0, 0.05) is 5.69 Å². The van der Waals surface area contributed by atoms with Crippen LogP contribution in [0, 0.1) is 11.2 Å². The summed E-state index contributed by atoms with van der Waals surface area (Å²) in [6.07, 6.45) is 0. The van der Waals surface area contributed by atoms with Crippen LogP contribution in [-0.2, 0) is 6.54 Å². The molecule has 0 amide bonds. The summed E-state index contributed by atoms with van der Waals surface area (Å²) in [6, 6.07) is 4.25. The topological polar surface area (TPSA) is 144 Å². The lowest BCUT2D eigenvalue weighted by Crippen LogP contribution is -2.17. The third-order valence-corrected chi connectivity index (χ3v) is 3.45. The number of aromatic nitrogens is 6. The number of nitrogens with two attached hydrogens (primary N) is 1. The summed E-state index contributed by atoms with van der Waals surface area (Å²) in [6.45, 7) is 0.0921. The van der Waals surface area contributed by atoms with Crippen LogP contribution < -0.4 is 11.1 Å². The normalized spacial score (nSPS) is 10.7. The van der Waals surface area contributed by atoms with Crippen molar-refractivity contribution in [3.63, 3.8) is 0 Å². The molecular weight excluding hydrogens is 373 g/mol. The van der Waals surface area contributed by atoms with Gasteiger partial charge in [-0.1, -0.05) is 10.3 Å². The molecule has 12 heteroatoms. The highest BCUT2D eigenvalue weighted by Crippen LogP contribution is 2.20. The second-order valence-corrected chi connectivity index (χ2v) is 5.24. The number of tetrazole rings is 1. The maximum atomic E-state index is 13.2. The Morgan fingerprint density at radius 3 is 2.96 bits per heavy atom. The molecule has 0 saturated heterocycles. The minimum Gasteiger partial charge on any atom is -0.367 e. The van der Waals surface area contributed by atoms with Gasteiger partial charge in [0.25, 0.3) is 0 Å². The van der Waals surface area contributed by atoms with Crippen LogP contribution >= 0.6 is 15.9 Å². The second kappa shape index (κ2) is 6.08. The van der Waals surface area contributed by atoms with Crippen molar-refractivity contribution in [2.75, 3.05) is 11.1 Å². The molecule has 2 heterocycles. The zero-order chi connectivity index (χ0) is 16.4. The summed E-state index contributed by atoms with van der Waals surface area (Å²) in [5.41, 5.74) is 6.56. The highest BCUT2D eigenvalue weighted by atomic mass is 79.9. The largest absolute Gasteiger partial charge is 0.367 e. The Bertz CT molecular complexity index is 861. The van der Waals surface area contributed by atoms with E-state index in [1.807, 2.05) is 0 Å². The Morgan fingerprint density at radius 1 is 1.43 bits per heavy atom. The van der Waals surface area contributed by atoms with E-state index in [0.29, 0.717) is 11.4 Å². The summed E-state index contributed by atoms with van der Waals surface area (Å²) in [5, 5.41) is 28.9. The first-order valence-electron chi connectivity index (χ1n) is 6.18. The average molecular weight is 382 g/mol. The summed E-state index contributed by atoms with van der Waals surface area (Å²) in [4.78, 5) is 0. The van der Waals surface area contributed by atoms with E-state index >= 15 is 0 Å². The maximum absolute atomic E-state index is 13.2. The summed E-state index contributed by atoms with van der Waals surface area (Å²) >= 11 is 3.08. The van der Waals surface area contributed by atoms with E-state index in [1.54, 1.807) is 0 Å². The molecule has 0 aliphatic carbocycles. The number of rotatable bonds is 4. The summed E-state index contributed by atoms with van der Waals surface area (Å²) in [7, 11) is 0. The molecule has 0 spiro atoms. The standard InChI is InChI=1S/C11H9BrFN9O/c12-6-3-5(1-2-7(6)13)16-10(14)9-8(18-23-19-9)4-22-11(15)17-20-21-22/h1-3H,4H2,(H2,14,16)(H2,15,17,21). The van der Waals surface area contributed by atoms with Crippen molar-refractivity contribution in [3.8, 4) is 0 Å². The predicted molar refractivity (Wildman–Crippen MR) is 80.2 cm³/mol. The molecule has 0 unspecified atom stereocenters. The molecular formula is C11H9BrFN9O. The molecule has 1 aromatic carbocycles. The fraction of sp³-hybridized carbons (Fsp3) is 0.0909. The maximum Gasteiger partial charge on any atom is 0.240 e. The van der Waals surface area contributed by atoms with E-state index in [-0.39, 0.29) is 28.5 Å². The van der Waals surface area contributed by atoms with Crippen molar-refractivity contribution >= 4 is 33.4 Å².